The fourth-order valence-electron chi connectivity index (χ4n) is 3.47. The molecule has 4 aromatic heterocycles. The number of aromatic nitrogens is 7. The fourth-order valence-corrected chi connectivity index (χ4v) is 3.47. The molecule has 1 aliphatic rings. The zero-order valence-electron chi connectivity index (χ0n) is 14.9. The first kappa shape index (κ1) is 15.9. The van der Waals surface area contributed by atoms with Crippen LogP contribution in [0.1, 0.15) is 30.4 Å². The molecule has 1 aliphatic heterocycles. The number of pyridine rings is 1. The Morgan fingerprint density at radius 1 is 1.11 bits per heavy atom. The summed E-state index contributed by atoms with van der Waals surface area (Å²) in [5, 5.41) is 17.3. The number of fused-ring (bicyclic) bond motifs is 1. The zero-order chi connectivity index (χ0) is 18.2. The summed E-state index contributed by atoms with van der Waals surface area (Å²) in [4.78, 5) is 10.6. The molecular formula is C18H18N8O. The Labute approximate surface area is 155 Å². The molecule has 0 spiro atoms. The number of aryl methyl sites for hydroxylation is 1. The summed E-state index contributed by atoms with van der Waals surface area (Å²) in [6.07, 6.45) is 5.43. The molecule has 1 fully saturated rings. The van der Waals surface area contributed by atoms with Gasteiger partial charge in [0, 0.05) is 37.0 Å². The van der Waals surface area contributed by atoms with E-state index in [4.69, 9.17) is 9.62 Å². The molecule has 136 valence electrons. The van der Waals surface area contributed by atoms with Crippen LogP contribution in [0.2, 0.25) is 0 Å². The first-order chi connectivity index (χ1) is 13.3. The van der Waals surface area contributed by atoms with Crippen LogP contribution >= 0.6 is 0 Å². The number of rotatable bonds is 3. The van der Waals surface area contributed by atoms with E-state index in [9.17, 15) is 0 Å². The van der Waals surface area contributed by atoms with E-state index in [1.54, 1.807) is 6.20 Å². The van der Waals surface area contributed by atoms with Gasteiger partial charge in [0.1, 0.15) is 0 Å². The second-order valence-corrected chi connectivity index (χ2v) is 6.67. The van der Waals surface area contributed by atoms with Crippen LogP contribution in [0.25, 0.3) is 16.9 Å². The molecule has 0 aromatic carbocycles. The molecule has 27 heavy (non-hydrogen) atoms. The third-order valence-corrected chi connectivity index (χ3v) is 4.89. The van der Waals surface area contributed by atoms with Gasteiger partial charge < -0.3 is 9.42 Å². The maximum atomic E-state index is 5.28. The lowest BCUT2D eigenvalue weighted by atomic mass is 9.96. The van der Waals surface area contributed by atoms with Crippen molar-refractivity contribution in [2.75, 3.05) is 18.0 Å². The third-order valence-electron chi connectivity index (χ3n) is 4.89. The Bertz CT molecular complexity index is 1070. The van der Waals surface area contributed by atoms with Gasteiger partial charge in [-0.1, -0.05) is 5.16 Å². The summed E-state index contributed by atoms with van der Waals surface area (Å²) >= 11 is 0. The van der Waals surface area contributed by atoms with Gasteiger partial charge in [-0.05, 0) is 44.0 Å². The number of nitrogens with zero attached hydrogens (tertiary/aromatic N) is 8. The third kappa shape index (κ3) is 2.90. The highest BCUT2D eigenvalue weighted by Crippen LogP contribution is 2.29. The Kier molecular flexibility index (Phi) is 3.77. The molecule has 0 unspecified atom stereocenters. The van der Waals surface area contributed by atoms with Gasteiger partial charge in [0.25, 0.3) is 0 Å². The van der Waals surface area contributed by atoms with Gasteiger partial charge in [-0.25, -0.2) is 0 Å². The molecule has 5 rings (SSSR count). The lowest BCUT2D eigenvalue weighted by molar-refractivity contribution is 0.386. The predicted molar refractivity (Wildman–Crippen MR) is 97.2 cm³/mol. The summed E-state index contributed by atoms with van der Waals surface area (Å²) < 4.78 is 7.14. The standard InChI is InChI=1S/C18H18N8O/c1-12-20-18(27-24-12)25-9-6-13(7-10-25)17-22-21-16-5-4-15(23-26(16)17)14-3-2-8-19-11-14/h2-5,8,11,13H,6-7,9-10H2,1H3. The summed E-state index contributed by atoms with van der Waals surface area (Å²) in [7, 11) is 0. The van der Waals surface area contributed by atoms with E-state index in [0.717, 1.165) is 48.7 Å². The van der Waals surface area contributed by atoms with Crippen molar-refractivity contribution in [1.82, 2.24) is 34.9 Å². The topological polar surface area (TPSA) is 98.1 Å². The van der Waals surface area contributed by atoms with E-state index >= 15 is 0 Å². The first-order valence-electron chi connectivity index (χ1n) is 8.96. The Balaban J connectivity index is 1.40. The van der Waals surface area contributed by atoms with Crippen LogP contribution in [0.5, 0.6) is 0 Å². The maximum absolute atomic E-state index is 5.28. The maximum Gasteiger partial charge on any atom is 0.324 e. The summed E-state index contributed by atoms with van der Waals surface area (Å²) in [6.45, 7) is 3.50. The van der Waals surface area contributed by atoms with Crippen molar-refractivity contribution in [3.8, 4) is 11.3 Å². The van der Waals surface area contributed by atoms with Crippen molar-refractivity contribution in [1.29, 1.82) is 0 Å². The molecular weight excluding hydrogens is 344 g/mol. The van der Waals surface area contributed by atoms with Gasteiger partial charge in [-0.2, -0.15) is 14.6 Å². The van der Waals surface area contributed by atoms with Crippen LogP contribution in [-0.2, 0) is 0 Å². The monoisotopic (exact) mass is 362 g/mol. The number of hydrogen-bond donors (Lipinski definition) is 0. The first-order valence-corrected chi connectivity index (χ1v) is 8.96. The molecule has 0 atom stereocenters. The van der Waals surface area contributed by atoms with Crippen LogP contribution in [0.15, 0.2) is 41.2 Å². The molecule has 0 radical (unpaired) electrons. The smallest absolute Gasteiger partial charge is 0.324 e. The SMILES string of the molecule is Cc1noc(N2CCC(c3nnc4ccc(-c5cccnc5)nn34)CC2)n1. The average molecular weight is 362 g/mol. The minimum absolute atomic E-state index is 0.289. The van der Waals surface area contributed by atoms with Crippen molar-refractivity contribution in [3.63, 3.8) is 0 Å². The summed E-state index contributed by atoms with van der Waals surface area (Å²) in [5.74, 6) is 1.84. The molecule has 0 N–H and O–H groups in total. The van der Waals surface area contributed by atoms with Gasteiger partial charge in [0.15, 0.2) is 17.3 Å². The fraction of sp³-hybridized carbons (Fsp3) is 0.333. The highest BCUT2D eigenvalue weighted by atomic mass is 16.5. The Morgan fingerprint density at radius 2 is 2.00 bits per heavy atom. The van der Waals surface area contributed by atoms with Gasteiger partial charge >= 0.3 is 6.01 Å². The molecule has 0 bridgehead atoms. The van der Waals surface area contributed by atoms with E-state index < -0.39 is 0 Å². The lowest BCUT2D eigenvalue weighted by Gasteiger charge is -2.29. The van der Waals surface area contributed by atoms with Gasteiger partial charge in [-0.3, -0.25) is 4.98 Å². The van der Waals surface area contributed by atoms with Crippen molar-refractivity contribution in [2.45, 2.75) is 25.7 Å². The second kappa shape index (κ2) is 6.42. The van der Waals surface area contributed by atoms with Gasteiger partial charge in [-0.15, -0.1) is 10.2 Å². The Hall–Kier alpha value is -3.36. The number of anilines is 1. The summed E-state index contributed by atoms with van der Waals surface area (Å²) in [6, 6.07) is 8.39. The zero-order valence-corrected chi connectivity index (χ0v) is 14.9. The van der Waals surface area contributed by atoms with Crippen molar-refractivity contribution < 1.29 is 4.52 Å². The van der Waals surface area contributed by atoms with E-state index in [1.807, 2.05) is 41.9 Å². The minimum atomic E-state index is 0.289. The van der Waals surface area contributed by atoms with Crippen molar-refractivity contribution >= 4 is 11.7 Å². The van der Waals surface area contributed by atoms with Gasteiger partial charge in [0.05, 0.1) is 5.69 Å². The lowest BCUT2D eigenvalue weighted by Crippen LogP contribution is -2.33. The number of piperidine rings is 1. The van der Waals surface area contributed by atoms with Gasteiger partial charge in [0.2, 0.25) is 0 Å². The summed E-state index contributed by atoms with van der Waals surface area (Å²) in [5.41, 5.74) is 2.59. The van der Waals surface area contributed by atoms with Crippen LogP contribution in [0.4, 0.5) is 6.01 Å². The van der Waals surface area contributed by atoms with Crippen LogP contribution in [-0.4, -0.2) is 48.0 Å². The average Bonchev–Trinajstić information content (AvgIpc) is 3.34. The second-order valence-electron chi connectivity index (χ2n) is 6.67. The predicted octanol–water partition coefficient (Wildman–Crippen LogP) is 2.26. The van der Waals surface area contributed by atoms with Crippen LogP contribution in [0.3, 0.4) is 0 Å². The Morgan fingerprint density at radius 3 is 2.74 bits per heavy atom. The van der Waals surface area contributed by atoms with E-state index in [1.165, 1.54) is 0 Å². The highest BCUT2D eigenvalue weighted by Gasteiger charge is 2.27. The van der Waals surface area contributed by atoms with Crippen LogP contribution in [0, 0.1) is 6.92 Å². The largest absolute Gasteiger partial charge is 0.324 e. The molecule has 5 heterocycles. The molecule has 4 aromatic rings. The van der Waals surface area contributed by atoms with E-state index in [2.05, 4.69) is 30.2 Å². The van der Waals surface area contributed by atoms with E-state index in [0.29, 0.717) is 11.8 Å². The van der Waals surface area contributed by atoms with Crippen molar-refractivity contribution in [2.24, 2.45) is 0 Å². The normalized spacial score (nSPS) is 15.5. The van der Waals surface area contributed by atoms with Crippen molar-refractivity contribution in [3.05, 3.63) is 48.3 Å². The molecule has 9 heteroatoms. The molecule has 0 saturated carbocycles. The molecule has 0 aliphatic carbocycles. The van der Waals surface area contributed by atoms with Crippen LogP contribution < -0.4 is 4.90 Å². The minimum Gasteiger partial charge on any atom is -0.324 e. The molecule has 9 nitrogen and oxygen atoms in total. The van der Waals surface area contributed by atoms with E-state index in [-0.39, 0.29) is 5.92 Å². The molecule has 0 amide bonds. The molecule has 1 saturated heterocycles. The highest BCUT2D eigenvalue weighted by molar-refractivity contribution is 5.58. The number of hydrogen-bond acceptors (Lipinski definition) is 8. The quantitative estimate of drug-likeness (QED) is 0.547.